The molecule has 1 saturated heterocycles. The lowest BCUT2D eigenvalue weighted by molar-refractivity contribution is 0.0953. The number of H-pyrrole nitrogens is 1. The summed E-state index contributed by atoms with van der Waals surface area (Å²) < 4.78 is 7.84. The number of hydrogen-bond acceptors (Lipinski definition) is 5. The standard InChI is InChI=1S/C19H19ClN4O2S/c20-14-7-5-13(6-8-14)18-22-23-19(24(18)11-15-3-2-10-26-15)27-12-17(25)16-4-1-9-21-16/h1,4-9,15,21H,2-3,10-12H2/t15-/m1/s1. The first kappa shape index (κ1) is 18.3. The molecule has 1 aliphatic rings. The minimum atomic E-state index is 0.0321. The molecule has 3 aromatic rings. The third-order valence-electron chi connectivity index (χ3n) is 4.46. The SMILES string of the molecule is O=C(CSc1nnc(-c2ccc(Cl)cc2)n1C[C@H]1CCCO1)c1ccc[nH]1. The average Bonchev–Trinajstić information content (AvgIpc) is 3.44. The van der Waals surface area contributed by atoms with Gasteiger partial charge in [-0.25, -0.2) is 0 Å². The molecular formula is C19H19ClN4O2S. The van der Waals surface area contributed by atoms with Gasteiger partial charge in [0.15, 0.2) is 16.8 Å². The second-order valence-corrected chi connectivity index (χ2v) is 7.73. The fraction of sp³-hybridized carbons (Fsp3) is 0.316. The van der Waals surface area contributed by atoms with Crippen LogP contribution in [-0.4, -0.2) is 44.0 Å². The van der Waals surface area contributed by atoms with E-state index < -0.39 is 0 Å². The number of ether oxygens (including phenoxy) is 1. The quantitative estimate of drug-likeness (QED) is 0.476. The molecule has 8 heteroatoms. The van der Waals surface area contributed by atoms with Crippen LogP contribution in [0.5, 0.6) is 0 Å². The molecule has 0 spiro atoms. The Morgan fingerprint density at radius 1 is 1.30 bits per heavy atom. The monoisotopic (exact) mass is 402 g/mol. The van der Waals surface area contributed by atoms with E-state index in [1.54, 1.807) is 12.3 Å². The van der Waals surface area contributed by atoms with Gasteiger partial charge < -0.3 is 9.72 Å². The van der Waals surface area contributed by atoms with Crippen molar-refractivity contribution in [2.24, 2.45) is 0 Å². The molecule has 1 aliphatic heterocycles. The van der Waals surface area contributed by atoms with Crippen LogP contribution in [0, 0.1) is 0 Å². The predicted molar refractivity (Wildman–Crippen MR) is 105 cm³/mol. The van der Waals surface area contributed by atoms with Crippen molar-refractivity contribution in [2.75, 3.05) is 12.4 Å². The van der Waals surface area contributed by atoms with Crippen molar-refractivity contribution in [3.8, 4) is 11.4 Å². The second-order valence-electron chi connectivity index (χ2n) is 6.35. The van der Waals surface area contributed by atoms with Gasteiger partial charge in [0.25, 0.3) is 0 Å². The summed E-state index contributed by atoms with van der Waals surface area (Å²) in [5.74, 6) is 1.09. The van der Waals surface area contributed by atoms with Crippen LogP contribution >= 0.6 is 23.4 Å². The molecule has 0 saturated carbocycles. The van der Waals surface area contributed by atoms with Gasteiger partial charge in [-0.3, -0.25) is 9.36 Å². The second kappa shape index (κ2) is 8.29. The van der Waals surface area contributed by atoms with Crippen molar-refractivity contribution in [2.45, 2.75) is 30.6 Å². The molecule has 0 amide bonds. The highest BCUT2D eigenvalue weighted by Crippen LogP contribution is 2.27. The maximum Gasteiger partial charge on any atom is 0.192 e. The number of ketones is 1. The molecule has 1 N–H and O–H groups in total. The largest absolute Gasteiger partial charge is 0.376 e. The molecule has 3 heterocycles. The molecule has 0 aliphatic carbocycles. The molecule has 1 atom stereocenters. The third kappa shape index (κ3) is 4.26. The number of halogens is 1. The molecule has 4 rings (SSSR count). The number of nitrogens with one attached hydrogen (secondary N) is 1. The first-order chi connectivity index (χ1) is 13.2. The van der Waals surface area contributed by atoms with Gasteiger partial charge in [0.2, 0.25) is 0 Å². The molecule has 0 radical (unpaired) electrons. The Morgan fingerprint density at radius 2 is 2.15 bits per heavy atom. The highest BCUT2D eigenvalue weighted by Gasteiger charge is 2.22. The molecule has 1 aromatic carbocycles. The van der Waals surface area contributed by atoms with Crippen molar-refractivity contribution >= 4 is 29.1 Å². The molecule has 6 nitrogen and oxygen atoms in total. The Labute approximate surface area is 166 Å². The van der Waals surface area contributed by atoms with Crippen molar-refractivity contribution in [1.29, 1.82) is 0 Å². The normalized spacial score (nSPS) is 16.7. The summed E-state index contributed by atoms with van der Waals surface area (Å²) in [5.41, 5.74) is 1.54. The number of nitrogens with zero attached hydrogens (tertiary/aromatic N) is 3. The Bertz CT molecular complexity index is 902. The van der Waals surface area contributed by atoms with Crippen LogP contribution in [0.25, 0.3) is 11.4 Å². The van der Waals surface area contributed by atoms with E-state index in [2.05, 4.69) is 15.2 Å². The van der Waals surface area contributed by atoms with E-state index in [-0.39, 0.29) is 11.9 Å². The molecule has 0 bridgehead atoms. The Hall–Kier alpha value is -2.09. The van der Waals surface area contributed by atoms with Gasteiger partial charge in [0, 0.05) is 23.4 Å². The Balaban J connectivity index is 1.58. The Morgan fingerprint density at radius 3 is 2.85 bits per heavy atom. The number of hydrogen-bond donors (Lipinski definition) is 1. The number of benzene rings is 1. The van der Waals surface area contributed by atoms with Crippen LogP contribution in [-0.2, 0) is 11.3 Å². The highest BCUT2D eigenvalue weighted by molar-refractivity contribution is 7.99. The van der Waals surface area contributed by atoms with Crippen molar-refractivity contribution < 1.29 is 9.53 Å². The van der Waals surface area contributed by atoms with E-state index in [0.717, 1.165) is 36.0 Å². The highest BCUT2D eigenvalue weighted by atomic mass is 35.5. The Kier molecular flexibility index (Phi) is 5.61. The number of carbonyl (C=O) groups is 1. The van der Waals surface area contributed by atoms with Crippen LogP contribution in [0.3, 0.4) is 0 Å². The zero-order valence-electron chi connectivity index (χ0n) is 14.6. The van der Waals surface area contributed by atoms with E-state index in [1.165, 1.54) is 11.8 Å². The zero-order chi connectivity index (χ0) is 18.6. The lowest BCUT2D eigenvalue weighted by atomic mass is 10.2. The minimum Gasteiger partial charge on any atom is -0.376 e. The topological polar surface area (TPSA) is 72.8 Å². The van der Waals surface area contributed by atoms with Gasteiger partial charge in [0.05, 0.1) is 24.1 Å². The number of carbonyl (C=O) groups excluding carboxylic acids is 1. The van der Waals surface area contributed by atoms with E-state index in [9.17, 15) is 4.79 Å². The summed E-state index contributed by atoms with van der Waals surface area (Å²) in [7, 11) is 0. The number of rotatable bonds is 7. The van der Waals surface area contributed by atoms with Gasteiger partial charge in [0.1, 0.15) is 0 Å². The average molecular weight is 403 g/mol. The molecule has 27 heavy (non-hydrogen) atoms. The lowest BCUT2D eigenvalue weighted by Crippen LogP contribution is -2.17. The minimum absolute atomic E-state index is 0.0321. The lowest BCUT2D eigenvalue weighted by Gasteiger charge is -2.14. The summed E-state index contributed by atoms with van der Waals surface area (Å²) in [5, 5.41) is 10.1. The van der Waals surface area contributed by atoms with Crippen molar-refractivity contribution in [3.63, 3.8) is 0 Å². The maximum atomic E-state index is 12.3. The van der Waals surface area contributed by atoms with Crippen molar-refractivity contribution in [3.05, 3.63) is 53.3 Å². The van der Waals surface area contributed by atoms with Crippen LogP contribution < -0.4 is 0 Å². The van der Waals surface area contributed by atoms with Gasteiger partial charge in [-0.2, -0.15) is 0 Å². The molecule has 1 fully saturated rings. The van der Waals surface area contributed by atoms with Crippen LogP contribution in [0.15, 0.2) is 47.8 Å². The summed E-state index contributed by atoms with van der Waals surface area (Å²) in [6.45, 7) is 1.46. The van der Waals surface area contributed by atoms with Crippen LogP contribution in [0.2, 0.25) is 5.02 Å². The predicted octanol–water partition coefficient (Wildman–Crippen LogP) is 4.08. The van der Waals surface area contributed by atoms with E-state index >= 15 is 0 Å². The van der Waals surface area contributed by atoms with E-state index in [4.69, 9.17) is 16.3 Å². The summed E-state index contributed by atoms with van der Waals surface area (Å²) in [6, 6.07) is 11.1. The van der Waals surface area contributed by atoms with Gasteiger partial charge in [-0.05, 0) is 49.2 Å². The number of aromatic amines is 1. The van der Waals surface area contributed by atoms with E-state index in [1.807, 2.05) is 34.9 Å². The summed E-state index contributed by atoms with van der Waals surface area (Å²) >= 11 is 7.40. The van der Waals surface area contributed by atoms with Gasteiger partial charge >= 0.3 is 0 Å². The fourth-order valence-electron chi connectivity index (χ4n) is 3.08. The molecule has 0 unspecified atom stereocenters. The molecule has 2 aromatic heterocycles. The number of aromatic nitrogens is 4. The first-order valence-electron chi connectivity index (χ1n) is 8.81. The zero-order valence-corrected chi connectivity index (χ0v) is 16.2. The first-order valence-corrected chi connectivity index (χ1v) is 10.2. The van der Waals surface area contributed by atoms with Gasteiger partial charge in [-0.1, -0.05) is 23.4 Å². The van der Waals surface area contributed by atoms with Crippen molar-refractivity contribution in [1.82, 2.24) is 19.7 Å². The fourth-order valence-corrected chi connectivity index (χ4v) is 4.03. The third-order valence-corrected chi connectivity index (χ3v) is 5.68. The van der Waals surface area contributed by atoms with Crippen LogP contribution in [0.4, 0.5) is 0 Å². The number of Topliss-reactive ketones (excluding diaryl/α,β-unsaturated/α-hetero) is 1. The summed E-state index contributed by atoms with van der Waals surface area (Å²) in [6.07, 6.45) is 3.97. The van der Waals surface area contributed by atoms with E-state index in [0.29, 0.717) is 23.0 Å². The van der Waals surface area contributed by atoms with Gasteiger partial charge in [-0.15, -0.1) is 10.2 Å². The maximum absolute atomic E-state index is 12.3. The molecular weight excluding hydrogens is 384 g/mol. The summed E-state index contributed by atoms with van der Waals surface area (Å²) in [4.78, 5) is 15.2. The van der Waals surface area contributed by atoms with Crippen LogP contribution in [0.1, 0.15) is 23.3 Å². The molecule has 140 valence electrons. The smallest absolute Gasteiger partial charge is 0.192 e. The number of thioether (sulfide) groups is 1.